The molecule has 0 unspecified atom stereocenters. The number of ether oxygens (including phenoxy) is 1. The van der Waals surface area contributed by atoms with Crippen molar-refractivity contribution in [1.29, 1.82) is 0 Å². The fourth-order valence-corrected chi connectivity index (χ4v) is 4.28. The average molecular weight is 548 g/mol. The van der Waals surface area contributed by atoms with Crippen LogP contribution >= 0.6 is 34.8 Å². The smallest absolute Gasteiger partial charge is 0.261 e. The largest absolute Gasteiger partial charge is 0.482 e. The van der Waals surface area contributed by atoms with E-state index in [-0.39, 0.29) is 31.0 Å². The lowest BCUT2D eigenvalue weighted by molar-refractivity contribution is -0.143. The second kappa shape index (κ2) is 13.5. The molecule has 0 aliphatic heterocycles. The van der Waals surface area contributed by atoms with Crippen LogP contribution in [0.2, 0.25) is 15.1 Å². The van der Waals surface area contributed by atoms with E-state index in [2.05, 4.69) is 5.32 Å². The molecule has 1 N–H and O–H groups in total. The van der Waals surface area contributed by atoms with Crippen LogP contribution in [-0.2, 0) is 22.6 Å². The number of carbonyl (C=O) groups excluding carboxylic acids is 2. The Morgan fingerprint density at radius 1 is 0.944 bits per heavy atom. The van der Waals surface area contributed by atoms with Gasteiger partial charge < -0.3 is 15.0 Å². The molecule has 2 atom stereocenters. The van der Waals surface area contributed by atoms with E-state index in [1.165, 1.54) is 4.90 Å². The number of rotatable bonds is 11. The highest BCUT2D eigenvalue weighted by Gasteiger charge is 2.31. The summed E-state index contributed by atoms with van der Waals surface area (Å²) < 4.78 is 5.74. The van der Waals surface area contributed by atoms with E-state index in [0.29, 0.717) is 27.2 Å². The summed E-state index contributed by atoms with van der Waals surface area (Å²) in [7, 11) is 0. The van der Waals surface area contributed by atoms with Crippen molar-refractivity contribution in [1.82, 2.24) is 10.2 Å². The van der Waals surface area contributed by atoms with E-state index in [1.54, 1.807) is 24.3 Å². The Labute approximate surface area is 227 Å². The topological polar surface area (TPSA) is 58.6 Å². The summed E-state index contributed by atoms with van der Waals surface area (Å²) in [6, 6.07) is 20.8. The molecule has 0 aromatic heterocycles. The van der Waals surface area contributed by atoms with Crippen LogP contribution in [0.25, 0.3) is 0 Å². The first-order valence-electron chi connectivity index (χ1n) is 11.7. The van der Waals surface area contributed by atoms with E-state index >= 15 is 0 Å². The average Bonchev–Trinajstić information content (AvgIpc) is 2.87. The maximum absolute atomic E-state index is 13.6. The summed E-state index contributed by atoms with van der Waals surface area (Å²) in [6.45, 7) is 3.76. The van der Waals surface area contributed by atoms with Gasteiger partial charge in [-0.2, -0.15) is 0 Å². The van der Waals surface area contributed by atoms with Crippen LogP contribution in [0.3, 0.4) is 0 Å². The van der Waals surface area contributed by atoms with E-state index in [4.69, 9.17) is 39.5 Å². The molecule has 0 spiro atoms. The summed E-state index contributed by atoms with van der Waals surface area (Å²) in [6.07, 6.45) is 1.10. The van der Waals surface area contributed by atoms with Crippen molar-refractivity contribution >= 4 is 46.6 Å². The Balaban J connectivity index is 1.93. The molecule has 0 radical (unpaired) electrons. The minimum Gasteiger partial charge on any atom is -0.482 e. The van der Waals surface area contributed by atoms with Crippen LogP contribution in [0.4, 0.5) is 0 Å². The SMILES string of the molecule is CC[C@H](C)NC(=O)[C@@H](Cc1ccccc1)N(Cc1ccccc1Cl)C(=O)COc1ccc(Cl)cc1Cl. The van der Waals surface area contributed by atoms with Gasteiger partial charge in [0.25, 0.3) is 5.91 Å². The Bertz CT molecular complexity index is 1170. The van der Waals surface area contributed by atoms with Crippen LogP contribution in [0.5, 0.6) is 5.75 Å². The maximum atomic E-state index is 13.6. The quantitative estimate of drug-likeness (QED) is 0.295. The van der Waals surface area contributed by atoms with Gasteiger partial charge in [0.15, 0.2) is 6.61 Å². The first-order valence-corrected chi connectivity index (χ1v) is 12.9. The summed E-state index contributed by atoms with van der Waals surface area (Å²) in [4.78, 5) is 28.6. The Hall–Kier alpha value is -2.73. The predicted octanol–water partition coefficient (Wildman–Crippen LogP) is 6.58. The summed E-state index contributed by atoms with van der Waals surface area (Å²) >= 11 is 18.6. The molecule has 0 saturated heterocycles. The highest BCUT2D eigenvalue weighted by Crippen LogP contribution is 2.28. The molecule has 0 bridgehead atoms. The molecule has 8 heteroatoms. The zero-order valence-electron chi connectivity index (χ0n) is 20.2. The second-order valence-corrected chi connectivity index (χ2v) is 9.75. The van der Waals surface area contributed by atoms with Gasteiger partial charge in [-0.05, 0) is 48.7 Å². The molecule has 0 aliphatic rings. The molecule has 190 valence electrons. The number of nitrogens with one attached hydrogen (secondary N) is 1. The number of amides is 2. The molecular formula is C28H29Cl3N2O3. The van der Waals surface area contributed by atoms with Crippen molar-refractivity contribution in [3.8, 4) is 5.75 Å². The Kier molecular flexibility index (Phi) is 10.5. The van der Waals surface area contributed by atoms with Crippen molar-refractivity contribution in [3.05, 3.63) is 99.0 Å². The monoisotopic (exact) mass is 546 g/mol. The Morgan fingerprint density at radius 3 is 2.31 bits per heavy atom. The van der Waals surface area contributed by atoms with E-state index in [1.807, 2.05) is 62.4 Å². The second-order valence-electron chi connectivity index (χ2n) is 8.50. The van der Waals surface area contributed by atoms with Crippen molar-refractivity contribution in [2.45, 2.75) is 45.3 Å². The van der Waals surface area contributed by atoms with Gasteiger partial charge in [0, 0.05) is 29.1 Å². The third-order valence-electron chi connectivity index (χ3n) is 5.82. The van der Waals surface area contributed by atoms with Crippen LogP contribution in [0, 0.1) is 0 Å². The Morgan fingerprint density at radius 2 is 1.64 bits per heavy atom. The lowest BCUT2D eigenvalue weighted by Crippen LogP contribution is -2.53. The fourth-order valence-electron chi connectivity index (χ4n) is 3.62. The first-order chi connectivity index (χ1) is 17.3. The van der Waals surface area contributed by atoms with Gasteiger partial charge in [-0.3, -0.25) is 9.59 Å². The molecule has 5 nitrogen and oxygen atoms in total. The molecule has 0 heterocycles. The highest BCUT2D eigenvalue weighted by molar-refractivity contribution is 6.35. The van der Waals surface area contributed by atoms with Crippen LogP contribution < -0.4 is 10.1 Å². The normalized spacial score (nSPS) is 12.5. The van der Waals surface area contributed by atoms with Gasteiger partial charge >= 0.3 is 0 Å². The van der Waals surface area contributed by atoms with Gasteiger partial charge in [-0.25, -0.2) is 0 Å². The van der Waals surface area contributed by atoms with E-state index in [9.17, 15) is 9.59 Å². The molecule has 3 aromatic rings. The molecule has 0 aliphatic carbocycles. The number of halogens is 3. The third-order valence-corrected chi connectivity index (χ3v) is 6.71. The number of carbonyl (C=O) groups is 2. The van der Waals surface area contributed by atoms with Crippen LogP contribution in [0.1, 0.15) is 31.4 Å². The lowest BCUT2D eigenvalue weighted by atomic mass is 10.0. The van der Waals surface area contributed by atoms with Crippen molar-refractivity contribution in [3.63, 3.8) is 0 Å². The predicted molar refractivity (Wildman–Crippen MR) is 146 cm³/mol. The molecule has 36 heavy (non-hydrogen) atoms. The summed E-state index contributed by atoms with van der Waals surface area (Å²) in [5.74, 6) is -0.282. The lowest BCUT2D eigenvalue weighted by Gasteiger charge is -2.32. The van der Waals surface area contributed by atoms with Gasteiger partial charge in [0.2, 0.25) is 5.91 Å². The van der Waals surface area contributed by atoms with Gasteiger partial charge in [0.05, 0.1) is 5.02 Å². The molecule has 3 rings (SSSR count). The fraction of sp³-hybridized carbons (Fsp3) is 0.286. The van der Waals surface area contributed by atoms with E-state index < -0.39 is 6.04 Å². The van der Waals surface area contributed by atoms with Gasteiger partial charge in [-0.1, -0.05) is 90.3 Å². The van der Waals surface area contributed by atoms with Crippen LogP contribution in [0.15, 0.2) is 72.8 Å². The number of nitrogens with zero attached hydrogens (tertiary/aromatic N) is 1. The number of benzene rings is 3. The zero-order chi connectivity index (χ0) is 26.1. The van der Waals surface area contributed by atoms with Crippen LogP contribution in [-0.4, -0.2) is 35.4 Å². The molecule has 2 amide bonds. The molecule has 3 aromatic carbocycles. The molecular weight excluding hydrogens is 519 g/mol. The van der Waals surface area contributed by atoms with Gasteiger partial charge in [-0.15, -0.1) is 0 Å². The van der Waals surface area contributed by atoms with Crippen molar-refractivity contribution in [2.75, 3.05) is 6.61 Å². The maximum Gasteiger partial charge on any atom is 0.261 e. The first kappa shape index (κ1) is 27.9. The zero-order valence-corrected chi connectivity index (χ0v) is 22.5. The third kappa shape index (κ3) is 7.89. The molecule has 0 fully saturated rings. The minimum absolute atomic E-state index is 0.0443. The summed E-state index contributed by atoms with van der Waals surface area (Å²) in [5, 5.41) is 4.30. The van der Waals surface area contributed by atoms with E-state index in [0.717, 1.165) is 17.5 Å². The van der Waals surface area contributed by atoms with Crippen molar-refractivity contribution < 1.29 is 14.3 Å². The highest BCUT2D eigenvalue weighted by atomic mass is 35.5. The number of hydrogen-bond acceptors (Lipinski definition) is 3. The minimum atomic E-state index is -0.783. The number of hydrogen-bond donors (Lipinski definition) is 1. The standard InChI is InChI=1S/C28H29Cl3N2O3/c1-3-19(2)32-28(35)25(15-20-9-5-4-6-10-20)33(17-21-11-7-8-12-23(21)30)27(34)18-36-26-14-13-22(29)16-24(26)31/h4-14,16,19,25H,3,15,17-18H2,1-2H3,(H,32,35)/t19-,25+/m0/s1. The van der Waals surface area contributed by atoms with Crippen molar-refractivity contribution in [2.24, 2.45) is 0 Å². The molecule has 0 saturated carbocycles. The summed E-state index contributed by atoms with van der Waals surface area (Å²) in [5.41, 5.74) is 1.66. The van der Waals surface area contributed by atoms with Gasteiger partial charge in [0.1, 0.15) is 11.8 Å².